The van der Waals surface area contributed by atoms with Crippen molar-refractivity contribution in [2.24, 2.45) is 0 Å². The molecule has 0 aliphatic rings. The fourth-order valence-electron chi connectivity index (χ4n) is 1.27. The topological polar surface area (TPSA) is 26.3 Å². The van der Waals surface area contributed by atoms with E-state index in [1.807, 2.05) is 39.0 Å². The molecular formula is C13H16O2. The normalized spacial score (nSPS) is 10.9. The molecule has 0 bridgehead atoms. The molecule has 1 aromatic carbocycles. The zero-order valence-corrected chi connectivity index (χ0v) is 9.36. The zero-order chi connectivity index (χ0) is 11.3. The molecular weight excluding hydrogens is 188 g/mol. The van der Waals surface area contributed by atoms with Crippen LogP contribution in [0.2, 0.25) is 0 Å². The summed E-state index contributed by atoms with van der Waals surface area (Å²) in [5.41, 5.74) is 0.615. The number of carbonyl (C=O) groups excluding carboxylic acids is 1. The second-order valence-corrected chi connectivity index (χ2v) is 3.53. The average Bonchev–Trinajstić information content (AvgIpc) is 2.18. The van der Waals surface area contributed by atoms with Crippen molar-refractivity contribution in [2.45, 2.75) is 26.9 Å². The molecule has 0 fully saturated rings. The van der Waals surface area contributed by atoms with Gasteiger partial charge in [-0.25, -0.2) is 0 Å². The average molecular weight is 204 g/mol. The van der Waals surface area contributed by atoms with Crippen LogP contribution in [0.4, 0.5) is 0 Å². The Kier molecular flexibility index (Phi) is 4.10. The molecule has 2 nitrogen and oxygen atoms in total. The molecule has 0 saturated carbocycles. The van der Waals surface area contributed by atoms with Gasteiger partial charge in [0.05, 0.1) is 11.7 Å². The highest BCUT2D eigenvalue weighted by atomic mass is 16.5. The molecule has 0 amide bonds. The molecule has 0 N–H and O–H groups in total. The Labute approximate surface area is 90.6 Å². The van der Waals surface area contributed by atoms with Crippen LogP contribution < -0.4 is 4.74 Å². The quantitative estimate of drug-likeness (QED) is 0.556. The van der Waals surface area contributed by atoms with Crippen LogP contribution in [0.3, 0.4) is 0 Å². The van der Waals surface area contributed by atoms with E-state index in [0.717, 1.165) is 0 Å². The Bertz CT molecular complexity index is 365. The molecule has 2 heteroatoms. The van der Waals surface area contributed by atoms with E-state index in [1.54, 1.807) is 18.2 Å². The summed E-state index contributed by atoms with van der Waals surface area (Å²) in [4.78, 5) is 11.7. The first-order valence-corrected chi connectivity index (χ1v) is 5.08. The predicted molar refractivity (Wildman–Crippen MR) is 61.4 cm³/mol. The fraction of sp³-hybridized carbons (Fsp3) is 0.308. The van der Waals surface area contributed by atoms with Crippen molar-refractivity contribution in [1.82, 2.24) is 0 Å². The predicted octanol–water partition coefficient (Wildman–Crippen LogP) is 3.23. The Hall–Kier alpha value is -1.57. The lowest BCUT2D eigenvalue weighted by atomic mass is 10.1. The van der Waals surface area contributed by atoms with Crippen molar-refractivity contribution in [3.63, 3.8) is 0 Å². The third kappa shape index (κ3) is 3.24. The van der Waals surface area contributed by atoms with Gasteiger partial charge in [0, 0.05) is 0 Å². The third-order valence-electron chi connectivity index (χ3n) is 1.83. The van der Waals surface area contributed by atoms with Gasteiger partial charge in [-0.15, -0.1) is 0 Å². The third-order valence-corrected chi connectivity index (χ3v) is 1.83. The van der Waals surface area contributed by atoms with E-state index in [4.69, 9.17) is 4.74 Å². The first-order chi connectivity index (χ1) is 7.15. The maximum Gasteiger partial charge on any atom is 0.189 e. The van der Waals surface area contributed by atoms with Crippen molar-refractivity contribution in [2.75, 3.05) is 0 Å². The second kappa shape index (κ2) is 5.35. The SMILES string of the molecule is C/C=C/C(=O)c1ccccc1OC(C)C. The standard InChI is InChI=1S/C13H16O2/c1-4-7-12(14)11-8-5-6-9-13(11)15-10(2)3/h4-10H,1-3H3/b7-4+. The molecule has 15 heavy (non-hydrogen) atoms. The van der Waals surface area contributed by atoms with Gasteiger partial charge in [0.2, 0.25) is 0 Å². The van der Waals surface area contributed by atoms with Crippen LogP contribution in [0.25, 0.3) is 0 Å². The summed E-state index contributed by atoms with van der Waals surface area (Å²) in [6.07, 6.45) is 3.35. The minimum atomic E-state index is -0.0197. The highest BCUT2D eigenvalue weighted by molar-refractivity contribution is 6.06. The molecule has 0 radical (unpaired) electrons. The summed E-state index contributed by atoms with van der Waals surface area (Å²) in [5.74, 6) is 0.629. The van der Waals surface area contributed by atoms with Crippen LogP contribution in [0.5, 0.6) is 5.75 Å². The Morgan fingerprint density at radius 1 is 1.33 bits per heavy atom. The van der Waals surface area contributed by atoms with Crippen molar-refractivity contribution < 1.29 is 9.53 Å². The van der Waals surface area contributed by atoms with Gasteiger partial charge in [-0.2, -0.15) is 0 Å². The number of hydrogen-bond acceptors (Lipinski definition) is 2. The second-order valence-electron chi connectivity index (χ2n) is 3.53. The molecule has 0 aliphatic carbocycles. The van der Waals surface area contributed by atoms with E-state index in [-0.39, 0.29) is 11.9 Å². The summed E-state index contributed by atoms with van der Waals surface area (Å²) in [7, 11) is 0. The number of ether oxygens (including phenoxy) is 1. The summed E-state index contributed by atoms with van der Waals surface area (Å²) >= 11 is 0. The van der Waals surface area contributed by atoms with E-state index in [2.05, 4.69) is 0 Å². The maximum absolute atomic E-state index is 11.7. The number of hydrogen-bond donors (Lipinski definition) is 0. The van der Waals surface area contributed by atoms with Crippen molar-refractivity contribution in [3.8, 4) is 5.75 Å². The van der Waals surface area contributed by atoms with E-state index < -0.39 is 0 Å². The lowest BCUT2D eigenvalue weighted by Crippen LogP contribution is -2.09. The molecule has 1 aromatic rings. The Morgan fingerprint density at radius 3 is 2.60 bits per heavy atom. The minimum Gasteiger partial charge on any atom is -0.490 e. The number of ketones is 1. The molecule has 1 rings (SSSR count). The van der Waals surface area contributed by atoms with Gasteiger partial charge in [0.15, 0.2) is 5.78 Å². The fourth-order valence-corrected chi connectivity index (χ4v) is 1.27. The molecule has 0 aromatic heterocycles. The van der Waals surface area contributed by atoms with Crippen LogP contribution in [-0.4, -0.2) is 11.9 Å². The Balaban J connectivity index is 3.00. The highest BCUT2D eigenvalue weighted by Gasteiger charge is 2.09. The highest BCUT2D eigenvalue weighted by Crippen LogP contribution is 2.20. The monoisotopic (exact) mass is 204 g/mol. The molecule has 0 heterocycles. The van der Waals surface area contributed by atoms with E-state index in [1.165, 1.54) is 0 Å². The van der Waals surface area contributed by atoms with E-state index >= 15 is 0 Å². The first kappa shape index (κ1) is 11.5. The molecule has 80 valence electrons. The van der Waals surface area contributed by atoms with Gasteiger partial charge >= 0.3 is 0 Å². The minimum absolute atomic E-state index is 0.0197. The lowest BCUT2D eigenvalue weighted by molar-refractivity contribution is 0.104. The molecule has 0 spiro atoms. The number of benzene rings is 1. The summed E-state index contributed by atoms with van der Waals surface area (Å²) in [6, 6.07) is 7.30. The summed E-state index contributed by atoms with van der Waals surface area (Å²) in [6.45, 7) is 5.71. The van der Waals surface area contributed by atoms with Gasteiger partial charge < -0.3 is 4.74 Å². The number of carbonyl (C=O) groups is 1. The van der Waals surface area contributed by atoms with Gasteiger partial charge in [-0.3, -0.25) is 4.79 Å². The van der Waals surface area contributed by atoms with Gasteiger partial charge in [0.25, 0.3) is 0 Å². The van der Waals surface area contributed by atoms with Crippen LogP contribution in [0.1, 0.15) is 31.1 Å². The lowest BCUT2D eigenvalue weighted by Gasteiger charge is -2.12. The molecule has 0 aliphatic heterocycles. The van der Waals surface area contributed by atoms with Crippen molar-refractivity contribution in [1.29, 1.82) is 0 Å². The first-order valence-electron chi connectivity index (χ1n) is 5.08. The van der Waals surface area contributed by atoms with Crippen molar-refractivity contribution >= 4 is 5.78 Å². The summed E-state index contributed by atoms with van der Waals surface area (Å²) in [5, 5.41) is 0. The van der Waals surface area contributed by atoms with Gasteiger partial charge in [-0.1, -0.05) is 18.2 Å². The zero-order valence-electron chi connectivity index (χ0n) is 9.36. The van der Waals surface area contributed by atoms with Gasteiger partial charge in [-0.05, 0) is 39.0 Å². The molecule has 0 saturated heterocycles. The van der Waals surface area contributed by atoms with Crippen LogP contribution in [0.15, 0.2) is 36.4 Å². The van der Waals surface area contributed by atoms with E-state index in [9.17, 15) is 4.79 Å². The number of para-hydroxylation sites is 1. The molecule has 0 atom stereocenters. The van der Waals surface area contributed by atoms with E-state index in [0.29, 0.717) is 11.3 Å². The maximum atomic E-state index is 11.7. The Morgan fingerprint density at radius 2 is 2.00 bits per heavy atom. The number of allylic oxidation sites excluding steroid dienone is 2. The summed E-state index contributed by atoms with van der Waals surface area (Å²) < 4.78 is 5.56. The largest absolute Gasteiger partial charge is 0.490 e. The van der Waals surface area contributed by atoms with Crippen LogP contribution in [0, 0.1) is 0 Å². The smallest absolute Gasteiger partial charge is 0.189 e. The van der Waals surface area contributed by atoms with Crippen LogP contribution >= 0.6 is 0 Å². The van der Waals surface area contributed by atoms with Crippen LogP contribution in [-0.2, 0) is 0 Å². The van der Waals surface area contributed by atoms with Gasteiger partial charge in [0.1, 0.15) is 5.75 Å². The number of rotatable bonds is 4. The molecule has 0 unspecified atom stereocenters. The van der Waals surface area contributed by atoms with Crippen molar-refractivity contribution in [3.05, 3.63) is 42.0 Å².